The van der Waals surface area contributed by atoms with Crippen LogP contribution in [0.3, 0.4) is 0 Å². The quantitative estimate of drug-likeness (QED) is 0.766. The Balaban J connectivity index is 1.81. The predicted octanol–water partition coefficient (Wildman–Crippen LogP) is 3.47. The summed E-state index contributed by atoms with van der Waals surface area (Å²) in [7, 11) is 0. The maximum atomic E-state index is 9.68. The molecule has 3 rings (SSSR count). The number of benzene rings is 2. The largest absolute Gasteiger partial charge is 0.504 e. The van der Waals surface area contributed by atoms with E-state index in [1.54, 1.807) is 36.4 Å². The van der Waals surface area contributed by atoms with Crippen molar-refractivity contribution in [3.8, 4) is 34.8 Å². The molecule has 2 aromatic carbocycles. The summed E-state index contributed by atoms with van der Waals surface area (Å²) in [6.45, 7) is 0. The summed E-state index contributed by atoms with van der Waals surface area (Å²) in [5.41, 5.74) is 0. The number of aromatic nitrogens is 2. The number of para-hydroxylation sites is 4. The van der Waals surface area contributed by atoms with Gasteiger partial charge in [-0.15, -0.1) is 0 Å². The second-order valence-corrected chi connectivity index (χ2v) is 4.33. The van der Waals surface area contributed by atoms with Crippen LogP contribution in [0.5, 0.6) is 34.8 Å². The van der Waals surface area contributed by atoms with E-state index in [2.05, 4.69) is 9.97 Å². The van der Waals surface area contributed by atoms with E-state index in [1.807, 2.05) is 0 Å². The fraction of sp³-hybridized carbons (Fsp3) is 0. The summed E-state index contributed by atoms with van der Waals surface area (Å²) in [6, 6.07) is 14.5. The molecular weight excluding hydrogens is 284 g/mol. The van der Waals surface area contributed by atoms with Crippen LogP contribution in [0.25, 0.3) is 0 Å². The van der Waals surface area contributed by atoms with Gasteiger partial charge in [0.25, 0.3) is 0 Å². The molecule has 0 saturated carbocycles. The van der Waals surface area contributed by atoms with E-state index < -0.39 is 0 Å². The zero-order valence-electron chi connectivity index (χ0n) is 11.4. The van der Waals surface area contributed by atoms with Gasteiger partial charge in [0.1, 0.15) is 6.33 Å². The van der Waals surface area contributed by atoms with Gasteiger partial charge in [0.2, 0.25) is 11.8 Å². The summed E-state index contributed by atoms with van der Waals surface area (Å²) in [5.74, 6) is 0.974. The van der Waals surface area contributed by atoms with E-state index >= 15 is 0 Å². The Hall–Kier alpha value is -3.28. The fourth-order valence-electron chi connectivity index (χ4n) is 1.75. The molecule has 0 unspecified atom stereocenters. The third-order valence-corrected chi connectivity index (χ3v) is 2.78. The molecule has 22 heavy (non-hydrogen) atoms. The van der Waals surface area contributed by atoms with Gasteiger partial charge < -0.3 is 19.7 Å². The second-order valence-electron chi connectivity index (χ2n) is 4.33. The van der Waals surface area contributed by atoms with Crippen LogP contribution in [0.1, 0.15) is 0 Å². The number of phenols is 2. The SMILES string of the molecule is Oc1ccccc1Oc1cc(Oc2ccccc2O)ncn1. The smallest absolute Gasteiger partial charge is 0.226 e. The van der Waals surface area contributed by atoms with Gasteiger partial charge in [-0.2, -0.15) is 0 Å². The standard InChI is InChI=1S/C16H12N2O4/c19-11-5-1-3-7-13(11)21-15-9-16(18-10-17-15)22-14-8-4-2-6-12(14)20/h1-10,19-20H. The Morgan fingerprint density at radius 2 is 1.14 bits per heavy atom. The highest BCUT2D eigenvalue weighted by molar-refractivity contribution is 5.42. The molecule has 0 aliphatic heterocycles. The van der Waals surface area contributed by atoms with Crippen LogP contribution < -0.4 is 9.47 Å². The highest BCUT2D eigenvalue weighted by Crippen LogP contribution is 2.32. The van der Waals surface area contributed by atoms with Crippen molar-refractivity contribution in [2.45, 2.75) is 0 Å². The van der Waals surface area contributed by atoms with Crippen molar-refractivity contribution in [2.75, 3.05) is 0 Å². The number of aromatic hydroxyl groups is 2. The molecule has 0 aliphatic carbocycles. The molecule has 1 aromatic heterocycles. The van der Waals surface area contributed by atoms with Crippen LogP contribution >= 0.6 is 0 Å². The number of rotatable bonds is 4. The minimum Gasteiger partial charge on any atom is -0.504 e. The molecule has 0 fully saturated rings. The lowest BCUT2D eigenvalue weighted by Gasteiger charge is -2.08. The number of phenolic OH excluding ortho intramolecular Hbond substituents is 2. The molecule has 0 saturated heterocycles. The van der Waals surface area contributed by atoms with Crippen molar-refractivity contribution in [3.63, 3.8) is 0 Å². The van der Waals surface area contributed by atoms with Crippen LogP contribution in [0, 0.1) is 0 Å². The van der Waals surface area contributed by atoms with Crippen molar-refractivity contribution in [3.05, 3.63) is 60.9 Å². The molecule has 0 atom stereocenters. The number of nitrogens with zero attached hydrogens (tertiary/aromatic N) is 2. The Kier molecular flexibility index (Phi) is 3.74. The van der Waals surface area contributed by atoms with Gasteiger partial charge in [-0.25, -0.2) is 9.97 Å². The molecule has 110 valence electrons. The third kappa shape index (κ3) is 3.06. The van der Waals surface area contributed by atoms with Gasteiger partial charge in [-0.3, -0.25) is 0 Å². The first-order chi connectivity index (χ1) is 10.7. The topological polar surface area (TPSA) is 84.7 Å². The summed E-state index contributed by atoms with van der Waals surface area (Å²) in [5, 5.41) is 19.4. The Labute approximate surface area is 126 Å². The first-order valence-corrected chi connectivity index (χ1v) is 6.46. The molecule has 0 aliphatic rings. The van der Waals surface area contributed by atoms with Gasteiger partial charge in [0, 0.05) is 0 Å². The van der Waals surface area contributed by atoms with E-state index in [0.29, 0.717) is 0 Å². The molecule has 0 radical (unpaired) electrons. The zero-order chi connectivity index (χ0) is 15.4. The summed E-state index contributed by atoms with van der Waals surface area (Å²) in [6.07, 6.45) is 1.27. The Morgan fingerprint density at radius 1 is 0.682 bits per heavy atom. The lowest BCUT2D eigenvalue weighted by molar-refractivity contribution is 0.387. The molecule has 1 heterocycles. The minimum absolute atomic E-state index is 0.00397. The molecule has 0 bridgehead atoms. The van der Waals surface area contributed by atoms with Crippen LogP contribution in [0.15, 0.2) is 60.9 Å². The molecule has 3 aromatic rings. The van der Waals surface area contributed by atoms with Gasteiger partial charge in [-0.05, 0) is 24.3 Å². The average molecular weight is 296 g/mol. The Bertz CT molecular complexity index is 730. The fourth-order valence-corrected chi connectivity index (χ4v) is 1.75. The molecule has 2 N–H and O–H groups in total. The Morgan fingerprint density at radius 3 is 1.59 bits per heavy atom. The lowest BCUT2D eigenvalue weighted by Crippen LogP contribution is -1.93. The first kappa shape index (κ1) is 13.7. The van der Waals surface area contributed by atoms with Crippen molar-refractivity contribution >= 4 is 0 Å². The van der Waals surface area contributed by atoms with Crippen LogP contribution in [0.4, 0.5) is 0 Å². The lowest BCUT2D eigenvalue weighted by atomic mass is 10.3. The van der Waals surface area contributed by atoms with E-state index in [4.69, 9.17) is 9.47 Å². The minimum atomic E-state index is 0.00397. The van der Waals surface area contributed by atoms with Gasteiger partial charge in [-0.1, -0.05) is 24.3 Å². The number of ether oxygens (including phenoxy) is 2. The number of hydrogen-bond donors (Lipinski definition) is 2. The predicted molar refractivity (Wildman–Crippen MR) is 78.4 cm³/mol. The van der Waals surface area contributed by atoms with Crippen LogP contribution in [-0.2, 0) is 0 Å². The molecular formula is C16H12N2O4. The maximum absolute atomic E-state index is 9.68. The van der Waals surface area contributed by atoms with Gasteiger partial charge in [0.05, 0.1) is 6.07 Å². The normalized spacial score (nSPS) is 10.2. The van der Waals surface area contributed by atoms with Crippen molar-refractivity contribution < 1.29 is 19.7 Å². The number of hydrogen-bond acceptors (Lipinski definition) is 6. The van der Waals surface area contributed by atoms with Gasteiger partial charge in [0.15, 0.2) is 23.0 Å². The van der Waals surface area contributed by atoms with Crippen molar-refractivity contribution in [1.82, 2.24) is 9.97 Å². The first-order valence-electron chi connectivity index (χ1n) is 6.46. The summed E-state index contributed by atoms with van der Waals surface area (Å²) in [4.78, 5) is 7.91. The van der Waals surface area contributed by atoms with E-state index in [0.717, 1.165) is 0 Å². The third-order valence-electron chi connectivity index (χ3n) is 2.78. The van der Waals surface area contributed by atoms with Crippen LogP contribution in [0.2, 0.25) is 0 Å². The highest BCUT2D eigenvalue weighted by atomic mass is 16.5. The monoisotopic (exact) mass is 296 g/mol. The second kappa shape index (κ2) is 6.01. The van der Waals surface area contributed by atoms with Crippen molar-refractivity contribution in [2.24, 2.45) is 0 Å². The molecule has 6 nitrogen and oxygen atoms in total. The summed E-state index contributed by atoms with van der Waals surface area (Å²) >= 11 is 0. The van der Waals surface area contributed by atoms with Gasteiger partial charge >= 0.3 is 0 Å². The highest BCUT2D eigenvalue weighted by Gasteiger charge is 2.08. The van der Waals surface area contributed by atoms with Crippen molar-refractivity contribution in [1.29, 1.82) is 0 Å². The van der Waals surface area contributed by atoms with Crippen LogP contribution in [-0.4, -0.2) is 20.2 Å². The average Bonchev–Trinajstić information content (AvgIpc) is 2.52. The van der Waals surface area contributed by atoms with E-state index in [-0.39, 0.29) is 34.8 Å². The molecule has 0 amide bonds. The maximum Gasteiger partial charge on any atom is 0.226 e. The molecule has 0 spiro atoms. The summed E-state index contributed by atoms with van der Waals surface area (Å²) < 4.78 is 10.9. The van der Waals surface area contributed by atoms with E-state index in [9.17, 15) is 10.2 Å². The molecule has 6 heteroatoms. The zero-order valence-corrected chi connectivity index (χ0v) is 11.4. The van der Waals surface area contributed by atoms with E-state index in [1.165, 1.54) is 24.5 Å².